The Hall–Kier alpha value is -6.43. The normalized spacial score (nSPS) is 24.8. The van der Waals surface area contributed by atoms with E-state index < -0.39 is 0 Å². The number of likely N-dealkylation sites (N-methyl/N-ethyl adjacent to an activating group) is 1. The van der Waals surface area contributed by atoms with Crippen LogP contribution in [0.1, 0.15) is 134 Å². The van der Waals surface area contributed by atoms with Crippen LogP contribution in [0.2, 0.25) is 0 Å². The third-order valence-electron chi connectivity index (χ3n) is 16.0. The first kappa shape index (κ1) is 42.7. The Bertz CT molecular complexity index is 3260. The van der Waals surface area contributed by atoms with E-state index in [0.29, 0.717) is 11.2 Å². The molecular weight excluding hydrogens is 857 g/mol. The van der Waals surface area contributed by atoms with E-state index in [1.165, 1.54) is 108 Å². The molecule has 13 rings (SSSR count). The van der Waals surface area contributed by atoms with Crippen molar-refractivity contribution in [3.63, 3.8) is 0 Å². The molecule has 4 aromatic rings. The summed E-state index contributed by atoms with van der Waals surface area (Å²) in [5, 5.41) is 1.70. The average molecular weight is 917 g/mol. The lowest BCUT2D eigenvalue weighted by molar-refractivity contribution is 0.402. The fourth-order valence-corrected chi connectivity index (χ4v) is 14.1. The molecule has 4 unspecified atom stereocenters. The first-order valence-electron chi connectivity index (χ1n) is 25.9. The molecule has 7 aliphatic carbocycles. The number of allylic oxidation sites excluding steroid dienone is 18. The summed E-state index contributed by atoms with van der Waals surface area (Å²) in [6.45, 7) is 0. The van der Waals surface area contributed by atoms with Crippen LogP contribution < -0.4 is 0 Å². The van der Waals surface area contributed by atoms with Gasteiger partial charge in [0.2, 0.25) is 0 Å². The number of aromatic nitrogens is 1. The van der Waals surface area contributed by atoms with Crippen molar-refractivity contribution in [1.29, 1.82) is 0 Å². The van der Waals surface area contributed by atoms with E-state index in [9.17, 15) is 0 Å². The Morgan fingerprint density at radius 2 is 1.58 bits per heavy atom. The lowest BCUT2D eigenvalue weighted by Crippen LogP contribution is -2.44. The first-order valence-corrected chi connectivity index (χ1v) is 26.8. The SMILES string of the molecule is CN1C(C2C=CC=CC2)=NC(C2=CCCC=C2)=NC1C1=C(c2ccc3c(c2)C2C=Cc4c(n(C5=CCCCC5)c5ccccc45)C2S3)CCC(c2c(C3=CCCC=C3)cccc2C2=CC=CCC2)=C1. The number of fused-ring (bicyclic) bond motifs is 7. The molecule has 5 heteroatoms. The van der Waals surface area contributed by atoms with Crippen LogP contribution >= 0.6 is 11.8 Å². The Morgan fingerprint density at radius 3 is 2.39 bits per heavy atom. The minimum Gasteiger partial charge on any atom is -0.337 e. The quantitative estimate of drug-likeness (QED) is 0.176. The summed E-state index contributed by atoms with van der Waals surface area (Å²) in [6, 6.07) is 23.7. The molecule has 0 amide bonds. The van der Waals surface area contributed by atoms with E-state index in [4.69, 9.17) is 9.98 Å². The fraction of sp³-hybridized carbons (Fsp3) is 0.281. The molecule has 9 aliphatic rings. The molecule has 3 heterocycles. The summed E-state index contributed by atoms with van der Waals surface area (Å²) in [5.74, 6) is 2.43. The van der Waals surface area contributed by atoms with Gasteiger partial charge in [-0.15, -0.1) is 11.8 Å². The van der Waals surface area contributed by atoms with Gasteiger partial charge in [0.1, 0.15) is 5.84 Å². The minimum absolute atomic E-state index is 0.179. The van der Waals surface area contributed by atoms with Crippen LogP contribution in [-0.2, 0) is 0 Å². The molecular formula is C64H60N4S. The van der Waals surface area contributed by atoms with Crippen LogP contribution in [0.25, 0.3) is 45.0 Å². The average Bonchev–Trinajstić information content (AvgIpc) is 3.97. The van der Waals surface area contributed by atoms with Crippen molar-refractivity contribution in [3.8, 4) is 0 Å². The van der Waals surface area contributed by atoms with Gasteiger partial charge < -0.3 is 9.47 Å². The molecule has 0 N–H and O–H groups in total. The van der Waals surface area contributed by atoms with E-state index in [0.717, 1.165) is 81.5 Å². The maximum absolute atomic E-state index is 5.75. The van der Waals surface area contributed by atoms with Gasteiger partial charge in [-0.05, 0) is 152 Å². The maximum Gasteiger partial charge on any atom is 0.158 e. The Morgan fingerprint density at radius 1 is 0.696 bits per heavy atom. The smallest absolute Gasteiger partial charge is 0.158 e. The van der Waals surface area contributed by atoms with Crippen LogP contribution in [0.3, 0.4) is 0 Å². The molecule has 0 radical (unpaired) electrons. The second kappa shape index (κ2) is 18.1. The van der Waals surface area contributed by atoms with Gasteiger partial charge in [0.15, 0.2) is 12.0 Å². The Balaban J connectivity index is 0.986. The van der Waals surface area contributed by atoms with Gasteiger partial charge in [0.25, 0.3) is 0 Å². The summed E-state index contributed by atoms with van der Waals surface area (Å²) < 4.78 is 2.67. The lowest BCUT2D eigenvalue weighted by Gasteiger charge is -2.38. The summed E-state index contributed by atoms with van der Waals surface area (Å²) in [4.78, 5) is 15.0. The van der Waals surface area contributed by atoms with Crippen molar-refractivity contribution < 1.29 is 0 Å². The van der Waals surface area contributed by atoms with E-state index in [2.05, 4.69) is 192 Å². The second-order valence-corrected chi connectivity index (χ2v) is 21.3. The minimum atomic E-state index is -0.249. The zero-order valence-electron chi connectivity index (χ0n) is 39.8. The molecule has 3 aromatic carbocycles. The molecule has 0 saturated heterocycles. The number of hydrogen-bond donors (Lipinski definition) is 0. The van der Waals surface area contributed by atoms with Crippen molar-refractivity contribution >= 4 is 68.4 Å². The molecule has 0 saturated carbocycles. The van der Waals surface area contributed by atoms with Gasteiger partial charge in [0.05, 0.1) is 10.8 Å². The monoisotopic (exact) mass is 916 g/mol. The van der Waals surface area contributed by atoms with Crippen molar-refractivity contribution in [3.05, 3.63) is 208 Å². The summed E-state index contributed by atoms with van der Waals surface area (Å²) in [7, 11) is 2.25. The highest BCUT2D eigenvalue weighted by Gasteiger charge is 2.41. The highest BCUT2D eigenvalue weighted by molar-refractivity contribution is 8.00. The van der Waals surface area contributed by atoms with Crippen LogP contribution in [0, 0.1) is 5.92 Å². The Labute approximate surface area is 412 Å². The summed E-state index contributed by atoms with van der Waals surface area (Å²) in [6.07, 6.45) is 53.9. The van der Waals surface area contributed by atoms with Crippen LogP contribution in [-0.4, -0.2) is 34.4 Å². The van der Waals surface area contributed by atoms with E-state index in [-0.39, 0.29) is 12.1 Å². The maximum atomic E-state index is 5.75. The Kier molecular flexibility index (Phi) is 11.2. The predicted octanol–water partition coefficient (Wildman–Crippen LogP) is 16.6. The van der Waals surface area contributed by atoms with Crippen LogP contribution in [0.4, 0.5) is 0 Å². The topological polar surface area (TPSA) is 32.9 Å². The van der Waals surface area contributed by atoms with Crippen LogP contribution in [0.15, 0.2) is 184 Å². The zero-order valence-corrected chi connectivity index (χ0v) is 40.6. The number of amidine groups is 2. The van der Waals surface area contributed by atoms with Crippen molar-refractivity contribution in [2.45, 2.75) is 106 Å². The fourth-order valence-electron chi connectivity index (χ4n) is 12.6. The van der Waals surface area contributed by atoms with Gasteiger partial charge in [-0.25, -0.2) is 9.98 Å². The van der Waals surface area contributed by atoms with E-state index >= 15 is 0 Å². The number of thioether (sulfide) groups is 1. The molecule has 0 spiro atoms. The van der Waals surface area contributed by atoms with Crippen molar-refractivity contribution in [2.24, 2.45) is 15.9 Å². The molecule has 4 nitrogen and oxygen atoms in total. The number of aliphatic imine (C=N–C) groups is 2. The second-order valence-electron chi connectivity index (χ2n) is 20.1. The third-order valence-corrected chi connectivity index (χ3v) is 17.4. The number of para-hydroxylation sites is 1. The molecule has 1 aromatic heterocycles. The largest absolute Gasteiger partial charge is 0.337 e. The van der Waals surface area contributed by atoms with Gasteiger partial charge in [0, 0.05) is 57.3 Å². The van der Waals surface area contributed by atoms with Gasteiger partial charge >= 0.3 is 0 Å². The number of nitrogens with zero attached hydrogens (tertiary/aromatic N) is 4. The number of benzene rings is 3. The van der Waals surface area contributed by atoms with E-state index in [1.54, 1.807) is 0 Å². The van der Waals surface area contributed by atoms with E-state index in [1.807, 2.05) is 0 Å². The number of hydrogen-bond acceptors (Lipinski definition) is 4. The summed E-state index contributed by atoms with van der Waals surface area (Å²) >= 11 is 2.08. The van der Waals surface area contributed by atoms with Crippen molar-refractivity contribution in [1.82, 2.24) is 9.47 Å². The summed E-state index contributed by atoms with van der Waals surface area (Å²) in [5.41, 5.74) is 20.6. The predicted molar refractivity (Wildman–Crippen MR) is 294 cm³/mol. The molecule has 4 atom stereocenters. The molecule has 69 heavy (non-hydrogen) atoms. The third kappa shape index (κ3) is 7.60. The highest BCUT2D eigenvalue weighted by atomic mass is 32.2. The lowest BCUT2D eigenvalue weighted by atomic mass is 9.78. The first-order chi connectivity index (χ1) is 34.2. The van der Waals surface area contributed by atoms with Gasteiger partial charge in [-0.3, -0.25) is 0 Å². The van der Waals surface area contributed by atoms with Gasteiger partial charge in [-0.2, -0.15) is 0 Å². The standard InChI is InChI=1S/C64H60N4S/c1-67-63(45-26-13-5-14-27-45)65-62(44-24-11-4-12-25-44)66-64(67)56-41-47(59-50(42-20-7-2-8-21-42)31-19-32-51(59)43-22-9-3-10-23-43)34-36-49(56)46-35-39-58-55(40-46)54-38-37-53-52-30-17-18-33-57(52)68(60(53)61(54)69-58)48-28-15-6-16-29-48/h2,5,7,9,11,13-14,17-20,22-26,28,30-33,35,37-41,45,54,61,64H,3-4,6,8,10,12,15-16,21,27,29,34,36H2,1H3. The van der Waals surface area contributed by atoms with Crippen molar-refractivity contribution in [2.75, 3.05) is 7.05 Å². The zero-order chi connectivity index (χ0) is 45.8. The molecule has 342 valence electrons. The molecule has 0 bridgehead atoms. The van der Waals surface area contributed by atoms with Crippen LogP contribution in [0.5, 0.6) is 0 Å². The van der Waals surface area contributed by atoms with Gasteiger partial charge in [-0.1, -0.05) is 146 Å². The highest BCUT2D eigenvalue weighted by Crippen LogP contribution is 2.60. The molecule has 0 fully saturated rings. The number of rotatable bonds is 8. The molecule has 2 aliphatic heterocycles.